The van der Waals surface area contributed by atoms with Crippen LogP contribution in [0.15, 0.2) is 0 Å². The SMILES string of the molecule is OCCCOCCCCCCCCCCCCCCCC(F)(F)F. The molecule has 0 rings (SSSR count). The summed E-state index contributed by atoms with van der Waals surface area (Å²) in [6, 6.07) is 0. The zero-order chi connectivity index (χ0) is 17.9. The molecule has 0 aromatic rings. The van der Waals surface area contributed by atoms with Crippen molar-refractivity contribution in [1.29, 1.82) is 0 Å². The van der Waals surface area contributed by atoms with E-state index in [0.717, 1.165) is 38.7 Å². The van der Waals surface area contributed by atoms with Crippen molar-refractivity contribution in [3.05, 3.63) is 0 Å². The quantitative estimate of drug-likeness (QED) is 0.288. The van der Waals surface area contributed by atoms with Gasteiger partial charge in [0.15, 0.2) is 0 Å². The Morgan fingerprint density at radius 2 is 0.917 bits per heavy atom. The van der Waals surface area contributed by atoms with Crippen LogP contribution >= 0.6 is 0 Å². The highest BCUT2D eigenvalue weighted by atomic mass is 19.4. The fourth-order valence-corrected chi connectivity index (χ4v) is 2.74. The van der Waals surface area contributed by atoms with Crippen LogP contribution in [-0.2, 0) is 4.74 Å². The van der Waals surface area contributed by atoms with Crippen LogP contribution in [0.4, 0.5) is 13.2 Å². The Bertz CT molecular complexity index is 245. The average molecular weight is 354 g/mol. The smallest absolute Gasteiger partial charge is 0.389 e. The largest absolute Gasteiger partial charge is 0.396 e. The number of ether oxygens (including phenoxy) is 1. The second-order valence-corrected chi connectivity index (χ2v) is 6.65. The summed E-state index contributed by atoms with van der Waals surface area (Å²) in [6.07, 6.45) is 10.2. The molecule has 0 saturated carbocycles. The van der Waals surface area contributed by atoms with Gasteiger partial charge in [-0.15, -0.1) is 0 Å². The maximum atomic E-state index is 12.0. The Kier molecular flexibility index (Phi) is 17.3. The highest BCUT2D eigenvalue weighted by Gasteiger charge is 2.25. The van der Waals surface area contributed by atoms with Crippen LogP contribution in [0.1, 0.15) is 96.3 Å². The van der Waals surface area contributed by atoms with Gasteiger partial charge < -0.3 is 9.84 Å². The van der Waals surface area contributed by atoms with Crippen molar-refractivity contribution in [3.8, 4) is 0 Å². The molecular weight excluding hydrogens is 317 g/mol. The maximum absolute atomic E-state index is 12.0. The van der Waals surface area contributed by atoms with Crippen LogP contribution in [0.25, 0.3) is 0 Å². The minimum absolute atomic E-state index is 0.206. The van der Waals surface area contributed by atoms with Gasteiger partial charge in [0, 0.05) is 26.2 Å². The van der Waals surface area contributed by atoms with Gasteiger partial charge in [-0.25, -0.2) is 0 Å². The van der Waals surface area contributed by atoms with Gasteiger partial charge in [-0.05, 0) is 19.3 Å². The minimum atomic E-state index is -3.98. The molecule has 0 atom stereocenters. The van der Waals surface area contributed by atoms with E-state index in [2.05, 4.69) is 0 Å². The molecule has 5 heteroatoms. The molecule has 0 unspecified atom stereocenters. The number of rotatable bonds is 18. The van der Waals surface area contributed by atoms with Crippen molar-refractivity contribution >= 4 is 0 Å². The summed E-state index contributed by atoms with van der Waals surface area (Å²) < 4.78 is 41.2. The van der Waals surface area contributed by atoms with Crippen molar-refractivity contribution in [1.82, 2.24) is 0 Å². The molecule has 0 amide bonds. The first-order chi connectivity index (χ1) is 11.6. The van der Waals surface area contributed by atoms with Gasteiger partial charge in [0.2, 0.25) is 0 Å². The Morgan fingerprint density at radius 1 is 0.542 bits per heavy atom. The summed E-state index contributed by atoms with van der Waals surface area (Å²) >= 11 is 0. The lowest BCUT2D eigenvalue weighted by atomic mass is 10.0. The molecule has 2 nitrogen and oxygen atoms in total. The number of aliphatic hydroxyl groups excluding tert-OH is 1. The van der Waals surface area contributed by atoms with Gasteiger partial charge in [-0.3, -0.25) is 0 Å². The average Bonchev–Trinajstić information content (AvgIpc) is 2.52. The first kappa shape index (κ1) is 23.7. The highest BCUT2D eigenvalue weighted by molar-refractivity contribution is 4.53. The fraction of sp³-hybridized carbons (Fsp3) is 1.00. The Morgan fingerprint density at radius 3 is 1.33 bits per heavy atom. The summed E-state index contributed by atoms with van der Waals surface area (Å²) in [5.74, 6) is 0. The number of aliphatic hydroxyl groups is 1. The second kappa shape index (κ2) is 17.5. The number of hydrogen-bond acceptors (Lipinski definition) is 2. The Balaban J connectivity index is 3.00. The topological polar surface area (TPSA) is 29.5 Å². The van der Waals surface area contributed by atoms with Gasteiger partial charge in [0.05, 0.1) is 0 Å². The monoisotopic (exact) mass is 354 g/mol. The van der Waals surface area contributed by atoms with Crippen molar-refractivity contribution in [2.24, 2.45) is 0 Å². The summed E-state index contributed by atoms with van der Waals surface area (Å²) in [7, 11) is 0. The predicted molar refractivity (Wildman–Crippen MR) is 93.2 cm³/mol. The zero-order valence-electron chi connectivity index (χ0n) is 15.2. The summed E-state index contributed by atoms with van der Waals surface area (Å²) in [4.78, 5) is 0. The van der Waals surface area contributed by atoms with Crippen LogP contribution < -0.4 is 0 Å². The molecule has 146 valence electrons. The third-order valence-corrected chi connectivity index (χ3v) is 4.20. The molecular formula is C19H37F3O2. The molecule has 0 fully saturated rings. The summed E-state index contributed by atoms with van der Waals surface area (Å²) in [6.45, 7) is 1.68. The second-order valence-electron chi connectivity index (χ2n) is 6.65. The predicted octanol–water partition coefficient (Wildman–Crippen LogP) is 6.41. The van der Waals surface area contributed by atoms with Gasteiger partial charge in [0.25, 0.3) is 0 Å². The third-order valence-electron chi connectivity index (χ3n) is 4.20. The van der Waals surface area contributed by atoms with E-state index in [-0.39, 0.29) is 13.0 Å². The number of hydrogen-bond donors (Lipinski definition) is 1. The summed E-state index contributed by atoms with van der Waals surface area (Å²) in [5, 5.41) is 8.60. The lowest BCUT2D eigenvalue weighted by molar-refractivity contribution is -0.135. The normalized spacial score (nSPS) is 12.0. The molecule has 0 radical (unpaired) electrons. The van der Waals surface area contributed by atoms with E-state index in [1.165, 1.54) is 44.9 Å². The zero-order valence-corrected chi connectivity index (χ0v) is 15.2. The fourth-order valence-electron chi connectivity index (χ4n) is 2.74. The number of alkyl halides is 3. The van der Waals surface area contributed by atoms with E-state index in [1.54, 1.807) is 0 Å². The van der Waals surface area contributed by atoms with Crippen LogP contribution in [0.3, 0.4) is 0 Å². The van der Waals surface area contributed by atoms with Crippen LogP contribution in [0.2, 0.25) is 0 Å². The standard InChI is InChI=1S/C19H37F3O2/c20-19(21,22)15-12-10-8-6-4-2-1-3-5-7-9-11-13-17-24-18-14-16-23/h23H,1-18H2. The van der Waals surface area contributed by atoms with E-state index in [0.29, 0.717) is 13.0 Å². The number of unbranched alkanes of at least 4 members (excludes halogenated alkanes) is 12. The third kappa shape index (κ3) is 21.7. The molecule has 0 spiro atoms. The van der Waals surface area contributed by atoms with Gasteiger partial charge in [-0.1, -0.05) is 70.6 Å². The van der Waals surface area contributed by atoms with E-state index < -0.39 is 12.6 Å². The van der Waals surface area contributed by atoms with Gasteiger partial charge in [-0.2, -0.15) is 13.2 Å². The maximum Gasteiger partial charge on any atom is 0.389 e. The minimum Gasteiger partial charge on any atom is -0.396 e. The van der Waals surface area contributed by atoms with E-state index in [9.17, 15) is 13.2 Å². The first-order valence-electron chi connectivity index (χ1n) is 9.81. The van der Waals surface area contributed by atoms with E-state index >= 15 is 0 Å². The molecule has 0 bridgehead atoms. The lowest BCUT2D eigenvalue weighted by Gasteiger charge is -2.06. The van der Waals surface area contributed by atoms with Gasteiger partial charge >= 0.3 is 6.18 Å². The summed E-state index contributed by atoms with van der Waals surface area (Å²) in [5.41, 5.74) is 0. The molecule has 0 heterocycles. The number of halogens is 3. The van der Waals surface area contributed by atoms with Crippen molar-refractivity contribution in [2.75, 3.05) is 19.8 Å². The molecule has 24 heavy (non-hydrogen) atoms. The van der Waals surface area contributed by atoms with E-state index in [1.807, 2.05) is 0 Å². The Hall–Kier alpha value is -0.290. The molecule has 0 aromatic heterocycles. The van der Waals surface area contributed by atoms with Crippen molar-refractivity contribution in [2.45, 2.75) is 102 Å². The first-order valence-corrected chi connectivity index (χ1v) is 9.81. The highest BCUT2D eigenvalue weighted by Crippen LogP contribution is 2.23. The van der Waals surface area contributed by atoms with Crippen LogP contribution in [0, 0.1) is 0 Å². The van der Waals surface area contributed by atoms with Gasteiger partial charge in [0.1, 0.15) is 0 Å². The molecule has 0 aliphatic rings. The van der Waals surface area contributed by atoms with Crippen LogP contribution in [0.5, 0.6) is 0 Å². The van der Waals surface area contributed by atoms with Crippen molar-refractivity contribution in [3.63, 3.8) is 0 Å². The molecule has 0 aliphatic heterocycles. The molecule has 0 aliphatic carbocycles. The molecule has 1 N–H and O–H groups in total. The van der Waals surface area contributed by atoms with Crippen LogP contribution in [-0.4, -0.2) is 31.1 Å². The van der Waals surface area contributed by atoms with Crippen molar-refractivity contribution < 1.29 is 23.0 Å². The molecule has 0 saturated heterocycles. The van der Waals surface area contributed by atoms with E-state index in [4.69, 9.17) is 9.84 Å². The molecule has 0 aromatic carbocycles. The lowest BCUT2D eigenvalue weighted by Crippen LogP contribution is -2.06. The Labute approximate surface area is 146 Å².